The van der Waals surface area contributed by atoms with Gasteiger partial charge in [-0.25, -0.2) is 9.97 Å². The van der Waals surface area contributed by atoms with Gasteiger partial charge in [0.15, 0.2) is 6.61 Å². The molecule has 1 aromatic carbocycles. The molecule has 28 heavy (non-hydrogen) atoms. The number of fused-ring (bicyclic) bond motifs is 1. The summed E-state index contributed by atoms with van der Waals surface area (Å²) in [5.74, 6) is -0.690. The summed E-state index contributed by atoms with van der Waals surface area (Å²) in [7, 11) is 0. The monoisotopic (exact) mass is 415 g/mol. The van der Waals surface area contributed by atoms with Gasteiger partial charge in [-0.2, -0.15) is 0 Å². The van der Waals surface area contributed by atoms with Crippen LogP contribution in [0.5, 0.6) is 0 Å². The lowest BCUT2D eigenvalue weighted by molar-refractivity contribution is -0.146. The molecule has 0 aliphatic rings. The predicted octanol–water partition coefficient (Wildman–Crippen LogP) is 3.83. The summed E-state index contributed by atoms with van der Waals surface area (Å²) in [4.78, 5) is 33.2. The number of rotatable bonds is 7. The zero-order valence-corrected chi connectivity index (χ0v) is 17.5. The van der Waals surface area contributed by atoms with Crippen LogP contribution < -0.4 is 5.32 Å². The number of amides is 1. The van der Waals surface area contributed by atoms with Crippen LogP contribution in [0.1, 0.15) is 19.4 Å². The molecule has 0 saturated carbocycles. The van der Waals surface area contributed by atoms with E-state index in [1.54, 1.807) is 11.3 Å². The lowest BCUT2D eigenvalue weighted by Crippen LogP contribution is -2.34. The SMILES string of the molecule is Cc1ccc(-c2csc3ncnc(SCC(=O)OCC(=O)NC(C)C)c23)cc1. The first-order valence-corrected chi connectivity index (χ1v) is 10.7. The number of aromatic nitrogens is 2. The fraction of sp³-hybridized carbons (Fsp3) is 0.300. The standard InChI is InChI=1S/C20H21N3O3S2/c1-12(2)23-16(24)8-26-17(25)10-28-20-18-15(9-27-19(18)21-11-22-20)14-6-4-13(3)5-7-14/h4-7,9,11-12H,8,10H2,1-3H3,(H,23,24). The Labute approximate surface area is 171 Å². The zero-order valence-electron chi connectivity index (χ0n) is 15.9. The number of ether oxygens (including phenoxy) is 1. The van der Waals surface area contributed by atoms with Crippen molar-refractivity contribution in [3.05, 3.63) is 41.5 Å². The highest BCUT2D eigenvalue weighted by molar-refractivity contribution is 8.00. The van der Waals surface area contributed by atoms with Crippen LogP contribution >= 0.6 is 23.1 Å². The van der Waals surface area contributed by atoms with Crippen LogP contribution in [-0.2, 0) is 14.3 Å². The Morgan fingerprint density at radius 3 is 2.68 bits per heavy atom. The number of hydrogen-bond donors (Lipinski definition) is 1. The third-order valence-corrected chi connectivity index (χ3v) is 5.69. The van der Waals surface area contributed by atoms with E-state index >= 15 is 0 Å². The number of hydrogen-bond acceptors (Lipinski definition) is 7. The van der Waals surface area contributed by atoms with Crippen molar-refractivity contribution in [1.29, 1.82) is 0 Å². The molecule has 1 N–H and O–H groups in total. The van der Waals surface area contributed by atoms with E-state index in [0.717, 1.165) is 26.4 Å². The molecule has 0 radical (unpaired) electrons. The van der Waals surface area contributed by atoms with Gasteiger partial charge in [0.1, 0.15) is 16.2 Å². The highest BCUT2D eigenvalue weighted by Gasteiger charge is 2.16. The number of carbonyl (C=O) groups excluding carboxylic acids is 2. The Morgan fingerprint density at radius 1 is 1.21 bits per heavy atom. The molecule has 0 aliphatic carbocycles. The molecule has 2 heterocycles. The second-order valence-electron chi connectivity index (χ2n) is 6.55. The lowest BCUT2D eigenvalue weighted by Gasteiger charge is -2.09. The summed E-state index contributed by atoms with van der Waals surface area (Å²) in [5.41, 5.74) is 3.33. The summed E-state index contributed by atoms with van der Waals surface area (Å²) < 4.78 is 5.04. The maximum atomic E-state index is 12.0. The Bertz CT molecular complexity index is 984. The van der Waals surface area contributed by atoms with E-state index in [2.05, 4.69) is 44.9 Å². The smallest absolute Gasteiger partial charge is 0.316 e. The lowest BCUT2D eigenvalue weighted by atomic mass is 10.1. The molecule has 6 nitrogen and oxygen atoms in total. The number of thioether (sulfide) groups is 1. The van der Waals surface area contributed by atoms with E-state index in [9.17, 15) is 9.59 Å². The first-order valence-electron chi connectivity index (χ1n) is 8.81. The Kier molecular flexibility index (Phi) is 6.64. The molecule has 1 amide bonds. The molecule has 0 aliphatic heterocycles. The van der Waals surface area contributed by atoms with Gasteiger partial charge in [0.05, 0.1) is 11.1 Å². The van der Waals surface area contributed by atoms with Crippen LogP contribution in [-0.4, -0.2) is 40.2 Å². The van der Waals surface area contributed by atoms with Crippen molar-refractivity contribution in [3.63, 3.8) is 0 Å². The highest BCUT2D eigenvalue weighted by atomic mass is 32.2. The first-order chi connectivity index (χ1) is 13.4. The number of benzene rings is 1. The van der Waals surface area contributed by atoms with Gasteiger partial charge in [0.2, 0.25) is 0 Å². The summed E-state index contributed by atoms with van der Waals surface area (Å²) in [5, 5.41) is 6.40. The van der Waals surface area contributed by atoms with Gasteiger partial charge < -0.3 is 10.1 Å². The fourth-order valence-electron chi connectivity index (χ4n) is 2.58. The van der Waals surface area contributed by atoms with Gasteiger partial charge in [-0.3, -0.25) is 9.59 Å². The van der Waals surface area contributed by atoms with E-state index in [4.69, 9.17) is 4.74 Å². The third-order valence-electron chi connectivity index (χ3n) is 3.84. The topological polar surface area (TPSA) is 81.2 Å². The molecule has 0 bridgehead atoms. The minimum Gasteiger partial charge on any atom is -0.455 e. The average Bonchev–Trinajstić information content (AvgIpc) is 3.09. The van der Waals surface area contributed by atoms with Crippen LogP contribution in [0, 0.1) is 6.92 Å². The van der Waals surface area contributed by atoms with Crippen LogP contribution in [0.4, 0.5) is 0 Å². The fourth-order valence-corrected chi connectivity index (χ4v) is 4.37. The quantitative estimate of drug-likeness (QED) is 0.359. The minimum atomic E-state index is -0.456. The average molecular weight is 416 g/mol. The van der Waals surface area contributed by atoms with Crippen molar-refractivity contribution in [2.24, 2.45) is 0 Å². The van der Waals surface area contributed by atoms with Gasteiger partial charge in [0, 0.05) is 17.0 Å². The Balaban J connectivity index is 1.71. The van der Waals surface area contributed by atoms with Crippen LogP contribution in [0.3, 0.4) is 0 Å². The second-order valence-corrected chi connectivity index (χ2v) is 8.37. The molecule has 3 rings (SSSR count). The molecular weight excluding hydrogens is 394 g/mol. The minimum absolute atomic E-state index is 0.00802. The molecule has 8 heteroatoms. The van der Waals surface area contributed by atoms with Gasteiger partial charge in [-0.1, -0.05) is 41.6 Å². The van der Waals surface area contributed by atoms with E-state index in [1.807, 2.05) is 20.8 Å². The zero-order chi connectivity index (χ0) is 20.1. The molecule has 0 saturated heterocycles. The molecular formula is C20H21N3O3S2. The number of carbonyl (C=O) groups is 2. The number of nitrogens with one attached hydrogen (secondary N) is 1. The van der Waals surface area contributed by atoms with E-state index in [-0.39, 0.29) is 24.3 Å². The highest BCUT2D eigenvalue weighted by Crippen LogP contribution is 2.37. The van der Waals surface area contributed by atoms with Crippen LogP contribution in [0.25, 0.3) is 21.3 Å². The third kappa shape index (κ3) is 5.08. The molecule has 0 unspecified atom stereocenters. The molecule has 2 aromatic heterocycles. The van der Waals surface area contributed by atoms with E-state index in [1.165, 1.54) is 23.7 Å². The summed E-state index contributed by atoms with van der Waals surface area (Å²) in [6.45, 7) is 5.47. The number of thiophene rings is 1. The number of nitrogens with zero attached hydrogens (tertiary/aromatic N) is 2. The van der Waals surface area contributed by atoms with Gasteiger partial charge in [-0.15, -0.1) is 11.3 Å². The summed E-state index contributed by atoms with van der Waals surface area (Å²) in [6.07, 6.45) is 1.50. The van der Waals surface area contributed by atoms with Crippen molar-refractivity contribution in [2.45, 2.75) is 31.8 Å². The van der Waals surface area contributed by atoms with Crippen molar-refractivity contribution in [3.8, 4) is 11.1 Å². The number of esters is 1. The summed E-state index contributed by atoms with van der Waals surface area (Å²) in [6, 6.07) is 8.28. The van der Waals surface area contributed by atoms with Crippen molar-refractivity contribution >= 4 is 45.2 Å². The van der Waals surface area contributed by atoms with Gasteiger partial charge in [0.25, 0.3) is 5.91 Å². The van der Waals surface area contributed by atoms with E-state index < -0.39 is 5.97 Å². The van der Waals surface area contributed by atoms with Crippen LogP contribution in [0.15, 0.2) is 41.0 Å². The molecule has 3 aromatic rings. The van der Waals surface area contributed by atoms with Crippen molar-refractivity contribution in [2.75, 3.05) is 12.4 Å². The van der Waals surface area contributed by atoms with Crippen molar-refractivity contribution < 1.29 is 14.3 Å². The maximum Gasteiger partial charge on any atom is 0.316 e. The van der Waals surface area contributed by atoms with Crippen LogP contribution in [0.2, 0.25) is 0 Å². The van der Waals surface area contributed by atoms with Gasteiger partial charge >= 0.3 is 5.97 Å². The summed E-state index contributed by atoms with van der Waals surface area (Å²) >= 11 is 2.84. The van der Waals surface area contributed by atoms with Gasteiger partial charge in [-0.05, 0) is 26.3 Å². The Hall–Kier alpha value is -2.45. The predicted molar refractivity (Wildman–Crippen MR) is 113 cm³/mol. The first kappa shape index (κ1) is 20.3. The molecule has 0 atom stereocenters. The molecule has 146 valence electrons. The molecule has 0 fully saturated rings. The largest absolute Gasteiger partial charge is 0.455 e. The normalized spacial score (nSPS) is 11.0. The maximum absolute atomic E-state index is 12.0. The Morgan fingerprint density at radius 2 is 1.96 bits per heavy atom. The number of aryl methyl sites for hydroxylation is 1. The van der Waals surface area contributed by atoms with Crippen molar-refractivity contribution in [1.82, 2.24) is 15.3 Å². The van der Waals surface area contributed by atoms with E-state index in [0.29, 0.717) is 0 Å². The second kappa shape index (κ2) is 9.16. The molecule has 0 spiro atoms.